The van der Waals surface area contributed by atoms with E-state index in [1.165, 1.54) is 11.1 Å². The summed E-state index contributed by atoms with van der Waals surface area (Å²) < 4.78 is 6.14. The molecule has 2 amide bonds. The van der Waals surface area contributed by atoms with Crippen LogP contribution in [-0.2, 0) is 16.0 Å². The van der Waals surface area contributed by atoms with Crippen LogP contribution in [0.25, 0.3) is 0 Å². The van der Waals surface area contributed by atoms with Gasteiger partial charge < -0.3 is 15.0 Å². The van der Waals surface area contributed by atoms with Crippen molar-refractivity contribution in [3.63, 3.8) is 0 Å². The number of ether oxygens (including phenoxy) is 1. The lowest BCUT2D eigenvalue weighted by atomic mass is 9.87. The molecule has 1 saturated carbocycles. The quantitative estimate of drug-likeness (QED) is 0.695. The largest absolute Gasteiger partial charge is 0.481 e. The average Bonchev–Trinajstić information content (AvgIpc) is 3.61. The van der Waals surface area contributed by atoms with Crippen LogP contribution in [-0.4, -0.2) is 35.4 Å². The lowest BCUT2D eigenvalue weighted by Gasteiger charge is -2.38. The predicted octanol–water partition coefficient (Wildman–Crippen LogP) is 4.56. The standard InChI is InChI=1S/C27H34N2O3/c1-5-24(26(30)28-17(2)3)32-22-12-11-19-13-14-29(27(31)20-9-10-20)25(23(19)16-22)21-8-6-7-18(4)15-21/h6-8,11-12,15-17,20,24-25H,5,9-10,13-14H2,1-4H3,(H,28,30)/t24-,25-/m1/s1. The van der Waals surface area contributed by atoms with E-state index in [4.69, 9.17) is 4.74 Å². The number of aryl methyl sites for hydroxylation is 1. The van der Waals surface area contributed by atoms with Crippen molar-refractivity contribution >= 4 is 11.8 Å². The van der Waals surface area contributed by atoms with Gasteiger partial charge in [-0.05, 0) is 75.3 Å². The second kappa shape index (κ2) is 9.35. The number of rotatable bonds is 7. The lowest BCUT2D eigenvalue weighted by molar-refractivity contribution is -0.134. The molecule has 2 aromatic rings. The van der Waals surface area contributed by atoms with Crippen molar-refractivity contribution in [2.45, 2.75) is 71.6 Å². The van der Waals surface area contributed by atoms with Gasteiger partial charge in [-0.15, -0.1) is 0 Å². The second-order valence-electron chi connectivity index (χ2n) is 9.41. The fourth-order valence-electron chi connectivity index (χ4n) is 4.53. The monoisotopic (exact) mass is 434 g/mol. The third-order valence-electron chi connectivity index (χ3n) is 6.29. The van der Waals surface area contributed by atoms with Crippen molar-refractivity contribution in [3.05, 3.63) is 64.7 Å². The molecule has 2 aromatic carbocycles. The van der Waals surface area contributed by atoms with Crippen molar-refractivity contribution in [1.82, 2.24) is 10.2 Å². The molecule has 0 saturated heterocycles. The Balaban J connectivity index is 1.68. The highest BCUT2D eigenvalue weighted by molar-refractivity contribution is 5.82. The maximum Gasteiger partial charge on any atom is 0.261 e. The smallest absolute Gasteiger partial charge is 0.261 e. The summed E-state index contributed by atoms with van der Waals surface area (Å²) >= 11 is 0. The van der Waals surface area contributed by atoms with E-state index in [1.54, 1.807) is 0 Å². The van der Waals surface area contributed by atoms with Crippen molar-refractivity contribution in [1.29, 1.82) is 0 Å². The summed E-state index contributed by atoms with van der Waals surface area (Å²) in [5.41, 5.74) is 4.65. The van der Waals surface area contributed by atoms with E-state index in [0.717, 1.165) is 36.9 Å². The number of nitrogens with one attached hydrogen (secondary N) is 1. The summed E-state index contributed by atoms with van der Waals surface area (Å²) in [6.45, 7) is 8.66. The summed E-state index contributed by atoms with van der Waals surface area (Å²) in [6, 6.07) is 14.5. The molecule has 0 aromatic heterocycles. The summed E-state index contributed by atoms with van der Waals surface area (Å²) in [5, 5.41) is 2.94. The fraction of sp³-hybridized carbons (Fsp3) is 0.481. The van der Waals surface area contributed by atoms with E-state index < -0.39 is 6.10 Å². The summed E-state index contributed by atoms with van der Waals surface area (Å²) in [7, 11) is 0. The Morgan fingerprint density at radius 2 is 1.94 bits per heavy atom. The van der Waals surface area contributed by atoms with Gasteiger partial charge in [-0.2, -0.15) is 0 Å². The molecule has 0 radical (unpaired) electrons. The molecule has 0 bridgehead atoms. The molecule has 4 rings (SSSR count). The van der Waals surface area contributed by atoms with Crippen LogP contribution in [0.5, 0.6) is 5.75 Å². The minimum Gasteiger partial charge on any atom is -0.481 e. The van der Waals surface area contributed by atoms with Crippen LogP contribution in [0.3, 0.4) is 0 Å². The number of nitrogens with zero attached hydrogens (tertiary/aromatic N) is 1. The van der Waals surface area contributed by atoms with Gasteiger partial charge in [0.2, 0.25) is 5.91 Å². The molecule has 1 aliphatic heterocycles. The third kappa shape index (κ3) is 4.82. The molecule has 2 aliphatic rings. The summed E-state index contributed by atoms with van der Waals surface area (Å²) in [4.78, 5) is 27.8. The van der Waals surface area contributed by atoms with E-state index >= 15 is 0 Å². The first kappa shape index (κ1) is 22.4. The zero-order chi connectivity index (χ0) is 22.8. The number of hydrogen-bond donors (Lipinski definition) is 1. The van der Waals surface area contributed by atoms with Gasteiger partial charge in [0.15, 0.2) is 6.10 Å². The molecule has 0 unspecified atom stereocenters. The first-order valence-electron chi connectivity index (χ1n) is 11.8. The van der Waals surface area contributed by atoms with Crippen LogP contribution in [0.2, 0.25) is 0 Å². The van der Waals surface area contributed by atoms with Gasteiger partial charge in [-0.25, -0.2) is 0 Å². The number of carbonyl (C=O) groups is 2. The number of carbonyl (C=O) groups excluding carboxylic acids is 2. The SMILES string of the molecule is CC[C@@H](Oc1ccc2c(c1)[C@@H](c1cccc(C)c1)N(C(=O)C1CC1)CC2)C(=O)NC(C)C. The molecule has 1 aliphatic carbocycles. The molecule has 0 spiro atoms. The van der Waals surface area contributed by atoms with E-state index in [0.29, 0.717) is 12.2 Å². The molecule has 5 nitrogen and oxygen atoms in total. The maximum absolute atomic E-state index is 13.2. The number of benzene rings is 2. The summed E-state index contributed by atoms with van der Waals surface area (Å²) in [6.07, 6.45) is 2.87. The number of fused-ring (bicyclic) bond motifs is 1. The molecular formula is C27H34N2O3. The Kier molecular flexibility index (Phi) is 6.54. The Labute approximate surface area is 191 Å². The van der Waals surface area contributed by atoms with Crippen molar-refractivity contribution in [2.24, 2.45) is 5.92 Å². The summed E-state index contributed by atoms with van der Waals surface area (Å²) in [5.74, 6) is 1.01. The van der Waals surface area contributed by atoms with Crippen LogP contribution in [0.4, 0.5) is 0 Å². The van der Waals surface area contributed by atoms with Gasteiger partial charge >= 0.3 is 0 Å². The van der Waals surface area contributed by atoms with Crippen LogP contribution in [0.15, 0.2) is 42.5 Å². The van der Waals surface area contributed by atoms with Crippen LogP contribution in [0.1, 0.15) is 68.3 Å². The Morgan fingerprint density at radius 1 is 1.16 bits per heavy atom. The van der Waals surface area contributed by atoms with Crippen LogP contribution in [0, 0.1) is 12.8 Å². The molecule has 170 valence electrons. The zero-order valence-corrected chi connectivity index (χ0v) is 19.6. The van der Waals surface area contributed by atoms with E-state index in [9.17, 15) is 9.59 Å². The van der Waals surface area contributed by atoms with Gasteiger partial charge in [0.1, 0.15) is 5.75 Å². The Bertz CT molecular complexity index is 996. The molecular weight excluding hydrogens is 400 g/mol. The minimum atomic E-state index is -0.541. The molecule has 1 fully saturated rings. The highest BCUT2D eigenvalue weighted by Crippen LogP contribution is 2.41. The van der Waals surface area contributed by atoms with E-state index in [1.807, 2.05) is 32.9 Å². The molecule has 1 heterocycles. The normalized spacial score (nSPS) is 18.8. The van der Waals surface area contributed by atoms with Crippen molar-refractivity contribution in [2.75, 3.05) is 6.54 Å². The molecule has 5 heteroatoms. The van der Waals surface area contributed by atoms with E-state index in [-0.39, 0.29) is 29.8 Å². The fourth-order valence-corrected chi connectivity index (χ4v) is 4.53. The van der Waals surface area contributed by atoms with Gasteiger partial charge in [-0.1, -0.05) is 42.8 Å². The minimum absolute atomic E-state index is 0.0661. The van der Waals surface area contributed by atoms with E-state index in [2.05, 4.69) is 47.5 Å². The third-order valence-corrected chi connectivity index (χ3v) is 6.29. The highest BCUT2D eigenvalue weighted by atomic mass is 16.5. The Hall–Kier alpha value is -2.82. The van der Waals surface area contributed by atoms with Crippen molar-refractivity contribution in [3.8, 4) is 5.75 Å². The first-order chi connectivity index (χ1) is 15.4. The zero-order valence-electron chi connectivity index (χ0n) is 19.6. The number of hydrogen-bond acceptors (Lipinski definition) is 3. The lowest BCUT2D eigenvalue weighted by Crippen LogP contribution is -2.42. The van der Waals surface area contributed by atoms with Gasteiger partial charge in [-0.3, -0.25) is 9.59 Å². The van der Waals surface area contributed by atoms with Gasteiger partial charge in [0.25, 0.3) is 5.91 Å². The highest BCUT2D eigenvalue weighted by Gasteiger charge is 2.39. The second-order valence-corrected chi connectivity index (χ2v) is 9.41. The number of amides is 2. The predicted molar refractivity (Wildman–Crippen MR) is 126 cm³/mol. The van der Waals surface area contributed by atoms with Crippen LogP contribution >= 0.6 is 0 Å². The van der Waals surface area contributed by atoms with Gasteiger partial charge in [0, 0.05) is 18.5 Å². The Morgan fingerprint density at radius 3 is 2.59 bits per heavy atom. The topological polar surface area (TPSA) is 58.6 Å². The average molecular weight is 435 g/mol. The first-order valence-corrected chi connectivity index (χ1v) is 11.8. The van der Waals surface area contributed by atoms with Crippen molar-refractivity contribution < 1.29 is 14.3 Å². The maximum atomic E-state index is 13.2. The molecule has 32 heavy (non-hydrogen) atoms. The van der Waals surface area contributed by atoms with Crippen LogP contribution < -0.4 is 10.1 Å². The molecule has 1 N–H and O–H groups in total. The van der Waals surface area contributed by atoms with Gasteiger partial charge in [0.05, 0.1) is 6.04 Å². The molecule has 2 atom stereocenters.